The van der Waals surface area contributed by atoms with Gasteiger partial charge in [0.1, 0.15) is 5.75 Å². The maximum atomic E-state index is 5.79. The number of aromatic nitrogens is 1. The van der Waals surface area contributed by atoms with Gasteiger partial charge in [-0.25, -0.2) is 4.98 Å². The second kappa shape index (κ2) is 9.43. The van der Waals surface area contributed by atoms with Crippen LogP contribution in [0, 0.1) is 0 Å². The molecule has 136 valence electrons. The number of benzene rings is 2. The summed E-state index contributed by atoms with van der Waals surface area (Å²) in [6.45, 7) is 1.34. The second-order valence-corrected chi connectivity index (χ2v) is 7.52. The summed E-state index contributed by atoms with van der Waals surface area (Å²) in [6.07, 6.45) is 0.869. The molecular formula is C20H21IN2O2S. The summed E-state index contributed by atoms with van der Waals surface area (Å²) < 4.78 is 11.0. The second-order valence-electron chi connectivity index (χ2n) is 6.08. The zero-order valence-electron chi connectivity index (χ0n) is 14.8. The van der Waals surface area contributed by atoms with Crippen molar-refractivity contribution in [1.29, 1.82) is 0 Å². The van der Waals surface area contributed by atoms with Crippen LogP contribution in [-0.4, -0.2) is 32.3 Å². The molecule has 1 heterocycles. The molecule has 0 aliphatic rings. The lowest BCUT2D eigenvalue weighted by atomic mass is 10.1. The molecule has 0 spiro atoms. The summed E-state index contributed by atoms with van der Waals surface area (Å²) in [5.41, 5.74) is 4.24. The number of fused-ring (bicyclic) bond motifs is 1. The molecule has 1 aromatic heterocycles. The van der Waals surface area contributed by atoms with Crippen molar-refractivity contribution >= 4 is 47.0 Å². The molecule has 3 aromatic rings. The minimum atomic E-state index is 0.645. The molecule has 0 unspecified atom stereocenters. The predicted molar refractivity (Wildman–Crippen MR) is 119 cm³/mol. The Morgan fingerprint density at radius 2 is 1.81 bits per heavy atom. The van der Waals surface area contributed by atoms with Gasteiger partial charge in [-0.3, -0.25) is 0 Å². The Morgan fingerprint density at radius 1 is 1.00 bits per heavy atom. The van der Waals surface area contributed by atoms with Crippen LogP contribution in [0.5, 0.6) is 5.75 Å². The highest BCUT2D eigenvalue weighted by Gasteiger charge is 2.04. The van der Waals surface area contributed by atoms with Crippen LogP contribution in [0.2, 0.25) is 0 Å². The fraction of sp³-hybridized carbons (Fsp3) is 0.250. The van der Waals surface area contributed by atoms with Crippen molar-refractivity contribution < 1.29 is 8.92 Å². The van der Waals surface area contributed by atoms with Gasteiger partial charge in [0.25, 0.3) is 0 Å². The van der Waals surface area contributed by atoms with Crippen LogP contribution in [0.15, 0.2) is 54.6 Å². The number of nitrogens with zero attached hydrogens (tertiary/aromatic N) is 2. The van der Waals surface area contributed by atoms with Crippen LogP contribution in [0.1, 0.15) is 6.42 Å². The SMILES string of the molecule is CN(C)c1ccc(-c2ccc3cc(OCCCOSI)ccc3n2)cc1. The Balaban J connectivity index is 1.72. The molecule has 0 fully saturated rings. The predicted octanol–water partition coefficient (Wildman–Crippen LogP) is 5.75. The van der Waals surface area contributed by atoms with Gasteiger partial charge in [0.15, 0.2) is 0 Å². The van der Waals surface area contributed by atoms with E-state index in [1.807, 2.05) is 32.3 Å². The van der Waals surface area contributed by atoms with Gasteiger partial charge >= 0.3 is 0 Å². The van der Waals surface area contributed by atoms with E-state index in [0.29, 0.717) is 13.2 Å². The third-order valence-electron chi connectivity index (χ3n) is 4.03. The highest BCUT2D eigenvalue weighted by atomic mass is 127. The molecule has 4 nitrogen and oxygen atoms in total. The molecule has 6 heteroatoms. The molecule has 0 atom stereocenters. The molecule has 0 aliphatic heterocycles. The molecule has 0 aliphatic carbocycles. The molecule has 0 amide bonds. The van der Waals surface area contributed by atoms with E-state index in [1.54, 1.807) is 0 Å². The minimum absolute atomic E-state index is 0.645. The van der Waals surface area contributed by atoms with E-state index in [0.717, 1.165) is 34.3 Å². The zero-order valence-corrected chi connectivity index (χ0v) is 17.8. The van der Waals surface area contributed by atoms with E-state index in [9.17, 15) is 0 Å². The van der Waals surface area contributed by atoms with E-state index >= 15 is 0 Å². The summed E-state index contributed by atoms with van der Waals surface area (Å²) in [6, 6.07) is 18.6. The number of pyridine rings is 1. The average Bonchev–Trinajstić information content (AvgIpc) is 2.67. The highest BCUT2D eigenvalue weighted by molar-refractivity contribution is 14.2. The molecule has 0 radical (unpaired) electrons. The summed E-state index contributed by atoms with van der Waals surface area (Å²) in [5.74, 6) is 0.865. The number of ether oxygens (including phenoxy) is 1. The monoisotopic (exact) mass is 480 g/mol. The van der Waals surface area contributed by atoms with E-state index in [4.69, 9.17) is 13.9 Å². The van der Waals surface area contributed by atoms with Crippen LogP contribution < -0.4 is 9.64 Å². The fourth-order valence-corrected chi connectivity index (χ4v) is 3.34. The lowest BCUT2D eigenvalue weighted by Crippen LogP contribution is -2.07. The van der Waals surface area contributed by atoms with Crippen molar-refractivity contribution in [3.05, 3.63) is 54.6 Å². The summed E-state index contributed by atoms with van der Waals surface area (Å²) in [4.78, 5) is 6.88. The first-order valence-electron chi connectivity index (χ1n) is 8.39. The number of hydrogen-bond acceptors (Lipinski definition) is 5. The Kier molecular flexibility index (Phi) is 6.99. The van der Waals surface area contributed by atoms with Crippen molar-refractivity contribution in [2.75, 3.05) is 32.2 Å². The number of hydrogen-bond donors (Lipinski definition) is 0. The molecule has 0 saturated carbocycles. The van der Waals surface area contributed by atoms with Crippen molar-refractivity contribution in [3.8, 4) is 17.0 Å². The Hall–Kier alpha value is -1.51. The maximum absolute atomic E-state index is 5.79. The maximum Gasteiger partial charge on any atom is 0.120 e. The summed E-state index contributed by atoms with van der Waals surface area (Å²) >= 11 is 2.12. The van der Waals surface area contributed by atoms with Crippen molar-refractivity contribution in [2.24, 2.45) is 0 Å². The lowest BCUT2D eigenvalue weighted by molar-refractivity contribution is 0.269. The Bertz CT molecular complexity index is 856. The smallest absolute Gasteiger partial charge is 0.120 e. The third-order valence-corrected chi connectivity index (χ3v) is 5.04. The fourth-order valence-electron chi connectivity index (χ4n) is 2.62. The molecule has 3 rings (SSSR count). The van der Waals surface area contributed by atoms with Gasteiger partial charge in [0, 0.05) is 58.4 Å². The quantitative estimate of drug-likeness (QED) is 0.233. The van der Waals surface area contributed by atoms with Crippen molar-refractivity contribution in [2.45, 2.75) is 6.42 Å². The Morgan fingerprint density at radius 3 is 2.54 bits per heavy atom. The van der Waals surface area contributed by atoms with Gasteiger partial charge in [0.05, 0.1) is 33.6 Å². The van der Waals surface area contributed by atoms with Crippen LogP contribution in [0.25, 0.3) is 22.2 Å². The van der Waals surface area contributed by atoms with Gasteiger partial charge in [-0.05, 0) is 36.4 Å². The number of rotatable bonds is 8. The summed E-state index contributed by atoms with van der Waals surface area (Å²) in [7, 11) is 5.44. The Labute approximate surface area is 170 Å². The highest BCUT2D eigenvalue weighted by Crippen LogP contribution is 2.25. The molecule has 0 saturated heterocycles. The number of halogens is 1. The van der Waals surface area contributed by atoms with Crippen LogP contribution in [-0.2, 0) is 4.18 Å². The zero-order chi connectivity index (χ0) is 18.4. The van der Waals surface area contributed by atoms with Crippen LogP contribution in [0.4, 0.5) is 5.69 Å². The van der Waals surface area contributed by atoms with Gasteiger partial charge in [-0.15, -0.1) is 0 Å². The minimum Gasteiger partial charge on any atom is -0.493 e. The van der Waals surface area contributed by atoms with Gasteiger partial charge in [0.2, 0.25) is 0 Å². The van der Waals surface area contributed by atoms with E-state index in [-0.39, 0.29) is 0 Å². The molecule has 26 heavy (non-hydrogen) atoms. The standard InChI is InChI=1S/C20H21IN2O2S/c1-23(2)17-7-4-15(5-8-17)19-10-6-16-14-18(9-11-20(16)22-19)24-12-3-13-25-26-21/h4-11,14H,3,12-13H2,1-2H3. The first-order valence-corrected chi connectivity index (χ1v) is 11.7. The van der Waals surface area contributed by atoms with Crippen LogP contribution >= 0.6 is 30.4 Å². The average molecular weight is 480 g/mol. The van der Waals surface area contributed by atoms with Gasteiger partial charge < -0.3 is 13.8 Å². The van der Waals surface area contributed by atoms with Gasteiger partial charge in [-0.1, -0.05) is 18.2 Å². The topological polar surface area (TPSA) is 34.6 Å². The van der Waals surface area contributed by atoms with Crippen molar-refractivity contribution in [1.82, 2.24) is 4.98 Å². The number of anilines is 1. The van der Waals surface area contributed by atoms with E-state index < -0.39 is 0 Å². The lowest BCUT2D eigenvalue weighted by Gasteiger charge is -2.12. The van der Waals surface area contributed by atoms with E-state index in [1.165, 1.54) is 14.9 Å². The largest absolute Gasteiger partial charge is 0.493 e. The molecule has 2 aromatic carbocycles. The summed E-state index contributed by atoms with van der Waals surface area (Å²) in [5, 5.41) is 1.08. The first kappa shape index (κ1) is 19.3. The van der Waals surface area contributed by atoms with E-state index in [2.05, 4.69) is 62.5 Å². The normalized spacial score (nSPS) is 10.9. The third kappa shape index (κ3) is 5.02. The molecular weight excluding hydrogens is 459 g/mol. The van der Waals surface area contributed by atoms with Crippen molar-refractivity contribution in [3.63, 3.8) is 0 Å². The van der Waals surface area contributed by atoms with Crippen LogP contribution in [0.3, 0.4) is 0 Å². The first-order chi connectivity index (χ1) is 12.7. The molecule has 0 bridgehead atoms. The molecule has 0 N–H and O–H groups in total. The van der Waals surface area contributed by atoms with Gasteiger partial charge in [-0.2, -0.15) is 0 Å².